The molecule has 3 N–H and O–H groups in total. The highest BCUT2D eigenvalue weighted by atomic mass is 79.9. The fourth-order valence-electron chi connectivity index (χ4n) is 1.90. The summed E-state index contributed by atoms with van der Waals surface area (Å²) in [5.41, 5.74) is 2.17. The smallest absolute Gasteiger partial charge is 0.416 e. The monoisotopic (exact) mass is 336 g/mol. The van der Waals surface area contributed by atoms with Gasteiger partial charge in [0.25, 0.3) is 0 Å². The van der Waals surface area contributed by atoms with E-state index in [0.29, 0.717) is 22.4 Å². The second-order valence-corrected chi connectivity index (χ2v) is 4.93. The Morgan fingerprint density at radius 1 is 1.37 bits per heavy atom. The van der Waals surface area contributed by atoms with Crippen molar-refractivity contribution in [3.05, 3.63) is 45.6 Å². The molecular weight excluding hydrogens is 325 g/mol. The van der Waals surface area contributed by atoms with Gasteiger partial charge in [-0.2, -0.15) is 13.2 Å². The molecule has 0 saturated carbocycles. The topological polar surface area (TPSA) is 47.3 Å². The predicted molar refractivity (Wildman–Crippen MR) is 67.9 cm³/mol. The average Bonchev–Trinajstić information content (AvgIpc) is 2.84. The summed E-state index contributed by atoms with van der Waals surface area (Å²) in [5.74, 6) is 5.98. The minimum atomic E-state index is -4.39. The van der Waals surface area contributed by atoms with E-state index in [2.05, 4.69) is 21.4 Å². The molecule has 19 heavy (non-hydrogen) atoms. The van der Waals surface area contributed by atoms with E-state index in [4.69, 9.17) is 10.6 Å². The molecule has 2 rings (SSSR count). The van der Waals surface area contributed by atoms with Gasteiger partial charge >= 0.3 is 6.18 Å². The minimum absolute atomic E-state index is 0.394. The number of hydrazine groups is 1. The van der Waals surface area contributed by atoms with Crippen molar-refractivity contribution < 1.29 is 17.9 Å². The molecular formula is C12H12BrF3N2O. The molecule has 0 aromatic heterocycles. The van der Waals surface area contributed by atoms with Gasteiger partial charge in [0.1, 0.15) is 11.8 Å². The van der Waals surface area contributed by atoms with Gasteiger partial charge in [-0.1, -0.05) is 15.9 Å². The lowest BCUT2D eigenvalue weighted by molar-refractivity contribution is -0.137. The van der Waals surface area contributed by atoms with Gasteiger partial charge in [-0.15, -0.1) is 0 Å². The highest BCUT2D eigenvalue weighted by Gasteiger charge is 2.32. The maximum Gasteiger partial charge on any atom is 0.416 e. The van der Waals surface area contributed by atoms with Gasteiger partial charge in [-0.25, -0.2) is 5.43 Å². The normalized spacial score (nSPS) is 17.0. The van der Waals surface area contributed by atoms with E-state index in [1.807, 2.05) is 6.08 Å². The molecule has 1 heterocycles. The van der Waals surface area contributed by atoms with E-state index in [1.54, 1.807) is 0 Å². The molecule has 1 aromatic rings. The van der Waals surface area contributed by atoms with Crippen LogP contribution >= 0.6 is 15.9 Å². The Morgan fingerprint density at radius 2 is 2.11 bits per heavy atom. The third-order valence-corrected chi connectivity index (χ3v) is 3.54. The number of hydrogen-bond acceptors (Lipinski definition) is 3. The average molecular weight is 337 g/mol. The Bertz CT molecular complexity index is 502. The highest BCUT2D eigenvalue weighted by molar-refractivity contribution is 9.10. The number of alkyl halides is 3. The summed E-state index contributed by atoms with van der Waals surface area (Å²) in [7, 11) is 0. The number of rotatable bonds is 3. The van der Waals surface area contributed by atoms with Gasteiger partial charge in [0.15, 0.2) is 0 Å². The first kappa shape index (κ1) is 14.4. The van der Waals surface area contributed by atoms with Crippen LogP contribution < -0.4 is 11.3 Å². The van der Waals surface area contributed by atoms with Gasteiger partial charge in [0, 0.05) is 10.9 Å². The van der Waals surface area contributed by atoms with Crippen molar-refractivity contribution >= 4 is 15.9 Å². The molecule has 0 spiro atoms. The van der Waals surface area contributed by atoms with Crippen LogP contribution in [0.5, 0.6) is 0 Å². The number of hydrogen-bond donors (Lipinski definition) is 2. The van der Waals surface area contributed by atoms with E-state index in [9.17, 15) is 13.2 Å². The van der Waals surface area contributed by atoms with Crippen LogP contribution in [-0.4, -0.2) is 6.61 Å². The zero-order chi connectivity index (χ0) is 14.0. The van der Waals surface area contributed by atoms with Crippen LogP contribution in [0, 0.1) is 0 Å². The van der Waals surface area contributed by atoms with Crippen molar-refractivity contribution in [3.63, 3.8) is 0 Å². The maximum absolute atomic E-state index is 12.7. The van der Waals surface area contributed by atoms with E-state index in [-0.39, 0.29) is 0 Å². The van der Waals surface area contributed by atoms with Crippen molar-refractivity contribution in [1.82, 2.24) is 5.43 Å². The van der Waals surface area contributed by atoms with Gasteiger partial charge in [0.05, 0.1) is 12.2 Å². The second kappa shape index (κ2) is 5.52. The number of nitrogens with two attached hydrogens (primary N) is 1. The molecule has 1 atom stereocenters. The van der Waals surface area contributed by atoms with Gasteiger partial charge in [-0.05, 0) is 29.8 Å². The van der Waals surface area contributed by atoms with Crippen LogP contribution in [0.3, 0.4) is 0 Å². The summed E-state index contributed by atoms with van der Waals surface area (Å²) in [6.07, 6.45) is -1.85. The highest BCUT2D eigenvalue weighted by Crippen LogP contribution is 2.36. The van der Waals surface area contributed by atoms with Crippen LogP contribution in [-0.2, 0) is 10.9 Å². The summed E-state index contributed by atoms with van der Waals surface area (Å²) >= 11 is 3.24. The predicted octanol–water partition coefficient (Wildman–Crippen LogP) is 3.28. The molecule has 1 aliphatic heterocycles. The Labute approximate surface area is 116 Å². The lowest BCUT2D eigenvalue weighted by Gasteiger charge is -2.20. The first-order chi connectivity index (χ1) is 8.93. The van der Waals surface area contributed by atoms with Gasteiger partial charge in [-0.3, -0.25) is 5.84 Å². The van der Waals surface area contributed by atoms with Crippen LogP contribution in [0.25, 0.3) is 0 Å². The van der Waals surface area contributed by atoms with E-state index < -0.39 is 17.8 Å². The van der Waals surface area contributed by atoms with Crippen LogP contribution in [0.15, 0.2) is 34.5 Å². The fraction of sp³-hybridized carbons (Fsp3) is 0.333. The Hall–Kier alpha value is -1.05. The van der Waals surface area contributed by atoms with E-state index >= 15 is 0 Å². The molecule has 0 saturated heterocycles. The lowest BCUT2D eigenvalue weighted by atomic mass is 10.0. The summed E-state index contributed by atoms with van der Waals surface area (Å²) in [5, 5.41) is 0. The summed E-state index contributed by atoms with van der Waals surface area (Å²) in [6.45, 7) is 0.518. The van der Waals surface area contributed by atoms with E-state index in [0.717, 1.165) is 18.6 Å². The zero-order valence-electron chi connectivity index (χ0n) is 9.80. The number of ether oxygens (including phenoxy) is 1. The van der Waals surface area contributed by atoms with Crippen LogP contribution in [0.1, 0.15) is 23.6 Å². The molecule has 0 aliphatic carbocycles. The number of halogens is 4. The molecule has 1 aromatic carbocycles. The molecule has 104 valence electrons. The summed E-state index contributed by atoms with van der Waals surface area (Å²) in [4.78, 5) is 0. The molecule has 0 fully saturated rings. The molecule has 0 amide bonds. The lowest BCUT2D eigenvalue weighted by Crippen LogP contribution is -2.30. The van der Waals surface area contributed by atoms with Crippen LogP contribution in [0.4, 0.5) is 13.2 Å². The Kier molecular flexibility index (Phi) is 4.17. The molecule has 7 heteroatoms. The summed E-state index contributed by atoms with van der Waals surface area (Å²) < 4.78 is 44.1. The molecule has 3 nitrogen and oxygen atoms in total. The SMILES string of the molecule is NNC(C1=CCCO1)c1cc(C(F)(F)F)ccc1Br. The number of benzene rings is 1. The van der Waals surface area contributed by atoms with Crippen molar-refractivity contribution in [2.75, 3.05) is 6.61 Å². The van der Waals surface area contributed by atoms with Crippen molar-refractivity contribution in [3.8, 4) is 0 Å². The number of nitrogens with one attached hydrogen (secondary N) is 1. The maximum atomic E-state index is 12.7. The first-order valence-electron chi connectivity index (χ1n) is 5.59. The zero-order valence-corrected chi connectivity index (χ0v) is 11.4. The minimum Gasteiger partial charge on any atom is -0.496 e. The van der Waals surface area contributed by atoms with Crippen molar-refractivity contribution in [2.24, 2.45) is 5.84 Å². The van der Waals surface area contributed by atoms with E-state index in [1.165, 1.54) is 6.07 Å². The third-order valence-electron chi connectivity index (χ3n) is 2.82. The molecule has 1 aliphatic rings. The third kappa shape index (κ3) is 3.10. The van der Waals surface area contributed by atoms with Crippen molar-refractivity contribution in [2.45, 2.75) is 18.6 Å². The quantitative estimate of drug-likeness (QED) is 0.657. The fourth-order valence-corrected chi connectivity index (χ4v) is 2.38. The Balaban J connectivity index is 2.41. The summed E-state index contributed by atoms with van der Waals surface area (Å²) in [6, 6.07) is 2.85. The van der Waals surface area contributed by atoms with Crippen molar-refractivity contribution in [1.29, 1.82) is 0 Å². The molecule has 0 bridgehead atoms. The molecule has 1 unspecified atom stereocenters. The Morgan fingerprint density at radius 3 is 2.63 bits per heavy atom. The van der Waals surface area contributed by atoms with Crippen LogP contribution in [0.2, 0.25) is 0 Å². The second-order valence-electron chi connectivity index (χ2n) is 4.08. The van der Waals surface area contributed by atoms with Gasteiger partial charge in [0.2, 0.25) is 0 Å². The molecule has 0 radical (unpaired) electrons. The largest absolute Gasteiger partial charge is 0.496 e. The van der Waals surface area contributed by atoms with Gasteiger partial charge < -0.3 is 4.74 Å². The first-order valence-corrected chi connectivity index (χ1v) is 6.38. The standard InChI is InChI=1S/C12H12BrF3N2O/c13-9-4-3-7(12(14,15)16)6-8(9)11(18-17)10-2-1-5-19-10/h2-4,6,11,18H,1,5,17H2.